The van der Waals surface area contributed by atoms with Crippen LogP contribution in [0.25, 0.3) is 0 Å². The summed E-state index contributed by atoms with van der Waals surface area (Å²) in [5, 5.41) is 2.95. The van der Waals surface area contributed by atoms with Crippen LogP contribution in [0.1, 0.15) is 26.2 Å². The number of alkyl halides is 4. The minimum absolute atomic E-state index is 0.423. The van der Waals surface area contributed by atoms with E-state index in [9.17, 15) is 22.4 Å². The maximum absolute atomic E-state index is 13.0. The van der Waals surface area contributed by atoms with Crippen LogP contribution in [0.4, 0.5) is 17.6 Å². The Kier molecular flexibility index (Phi) is 2.84. The van der Waals surface area contributed by atoms with Gasteiger partial charge < -0.3 is 4.90 Å². The molecule has 1 unspecified atom stereocenters. The molecule has 0 radical (unpaired) electrons. The first kappa shape index (κ1) is 12.6. The number of hydrogen-bond donors (Lipinski definition) is 1. The lowest BCUT2D eigenvalue weighted by Gasteiger charge is -2.27. The van der Waals surface area contributed by atoms with E-state index in [1.54, 1.807) is 6.92 Å². The zero-order valence-electron chi connectivity index (χ0n) is 9.35. The highest BCUT2D eigenvalue weighted by Gasteiger charge is 2.60. The Balaban J connectivity index is 2.11. The van der Waals surface area contributed by atoms with Crippen LogP contribution in [0.3, 0.4) is 0 Å². The summed E-state index contributed by atoms with van der Waals surface area (Å²) in [6.07, 6.45) is -2.69. The third-order valence-electron chi connectivity index (χ3n) is 3.33. The molecule has 98 valence electrons. The minimum Gasteiger partial charge on any atom is -0.319 e. The fraction of sp³-hybridized carbons (Fsp3) is 0.900. The van der Waals surface area contributed by atoms with E-state index in [1.165, 1.54) is 0 Å². The number of amides is 1. The fourth-order valence-corrected chi connectivity index (χ4v) is 2.16. The monoisotopic (exact) mass is 254 g/mol. The van der Waals surface area contributed by atoms with Gasteiger partial charge in [0, 0.05) is 0 Å². The van der Waals surface area contributed by atoms with Crippen molar-refractivity contribution in [3.8, 4) is 0 Å². The summed E-state index contributed by atoms with van der Waals surface area (Å²) in [4.78, 5) is 12.7. The molecule has 1 aliphatic heterocycles. The van der Waals surface area contributed by atoms with Crippen LogP contribution in [-0.4, -0.2) is 41.4 Å². The first-order valence-corrected chi connectivity index (χ1v) is 5.57. The van der Waals surface area contributed by atoms with E-state index in [0.717, 1.165) is 4.90 Å². The lowest BCUT2D eigenvalue weighted by atomic mass is 10.2. The second-order valence-corrected chi connectivity index (χ2v) is 4.65. The molecule has 0 aromatic heterocycles. The molecule has 3 nitrogen and oxygen atoms in total. The van der Waals surface area contributed by atoms with E-state index in [1.807, 2.05) is 0 Å². The van der Waals surface area contributed by atoms with E-state index in [2.05, 4.69) is 5.32 Å². The van der Waals surface area contributed by atoms with Gasteiger partial charge in [0.25, 0.3) is 0 Å². The van der Waals surface area contributed by atoms with Crippen molar-refractivity contribution >= 4 is 5.91 Å². The van der Waals surface area contributed by atoms with Crippen LogP contribution in [0.5, 0.6) is 0 Å². The van der Waals surface area contributed by atoms with Crippen molar-refractivity contribution in [2.45, 2.75) is 50.2 Å². The number of hydrogen-bond acceptors (Lipinski definition) is 2. The molecule has 7 heteroatoms. The van der Waals surface area contributed by atoms with Crippen molar-refractivity contribution in [2.24, 2.45) is 0 Å². The molecule has 2 fully saturated rings. The summed E-state index contributed by atoms with van der Waals surface area (Å²) in [6, 6.07) is 0. The van der Waals surface area contributed by atoms with Gasteiger partial charge in [0.15, 0.2) is 0 Å². The van der Waals surface area contributed by atoms with Crippen molar-refractivity contribution in [1.82, 2.24) is 10.2 Å². The zero-order valence-corrected chi connectivity index (χ0v) is 9.35. The van der Waals surface area contributed by atoms with Gasteiger partial charge in [-0.2, -0.15) is 8.78 Å². The summed E-state index contributed by atoms with van der Waals surface area (Å²) >= 11 is 0. The Morgan fingerprint density at radius 1 is 1.53 bits per heavy atom. The van der Waals surface area contributed by atoms with E-state index < -0.39 is 36.5 Å². The molecule has 0 aromatic carbocycles. The third-order valence-corrected chi connectivity index (χ3v) is 3.33. The van der Waals surface area contributed by atoms with Crippen LogP contribution in [0.2, 0.25) is 0 Å². The first-order chi connectivity index (χ1) is 7.82. The van der Waals surface area contributed by atoms with Crippen LogP contribution >= 0.6 is 0 Å². The van der Waals surface area contributed by atoms with Gasteiger partial charge in [-0.05, 0) is 19.3 Å². The molecule has 17 heavy (non-hydrogen) atoms. The summed E-state index contributed by atoms with van der Waals surface area (Å²) in [6.45, 7) is 0.511. The van der Waals surface area contributed by atoms with Gasteiger partial charge in [0.05, 0.1) is 18.2 Å². The van der Waals surface area contributed by atoms with Gasteiger partial charge >= 0.3 is 12.3 Å². The summed E-state index contributed by atoms with van der Waals surface area (Å²) in [5.74, 6) is -4.62. The number of halogens is 4. The zero-order chi connectivity index (χ0) is 12.8. The molecule has 1 saturated carbocycles. The number of nitrogens with zero attached hydrogens (tertiary/aromatic N) is 1. The number of carbonyl (C=O) groups is 1. The number of rotatable bonds is 4. The summed E-state index contributed by atoms with van der Waals surface area (Å²) < 4.78 is 50.2. The Bertz CT molecular complexity index is 330. The van der Waals surface area contributed by atoms with Crippen LogP contribution in [-0.2, 0) is 4.79 Å². The average Bonchev–Trinajstić information content (AvgIpc) is 2.98. The van der Waals surface area contributed by atoms with Gasteiger partial charge in [0.2, 0.25) is 5.91 Å². The smallest absolute Gasteiger partial charge is 0.319 e. The first-order valence-electron chi connectivity index (χ1n) is 5.57. The molecule has 2 rings (SSSR count). The predicted octanol–water partition coefficient (Wildman–Crippen LogP) is 1.59. The van der Waals surface area contributed by atoms with Gasteiger partial charge in [-0.3, -0.25) is 10.1 Å². The van der Waals surface area contributed by atoms with Crippen molar-refractivity contribution in [1.29, 1.82) is 0 Å². The van der Waals surface area contributed by atoms with E-state index in [-0.39, 0.29) is 0 Å². The Labute approximate surface area is 96.1 Å². The highest BCUT2D eigenvalue weighted by molar-refractivity contribution is 5.91. The molecule has 1 atom stereocenters. The third kappa shape index (κ3) is 2.00. The lowest BCUT2D eigenvalue weighted by molar-refractivity contribution is -0.157. The second kappa shape index (κ2) is 3.83. The second-order valence-electron chi connectivity index (χ2n) is 4.65. The Morgan fingerprint density at radius 2 is 2.12 bits per heavy atom. The van der Waals surface area contributed by atoms with Crippen molar-refractivity contribution in [3.63, 3.8) is 0 Å². The number of nitrogens with one attached hydrogen (secondary N) is 1. The van der Waals surface area contributed by atoms with Crippen LogP contribution in [0.15, 0.2) is 0 Å². The van der Waals surface area contributed by atoms with Gasteiger partial charge in [-0.15, -0.1) is 0 Å². The highest BCUT2D eigenvalue weighted by Crippen LogP contribution is 2.43. The fourth-order valence-electron chi connectivity index (χ4n) is 2.16. The molecule has 2 aliphatic rings. The quantitative estimate of drug-likeness (QED) is 0.773. The van der Waals surface area contributed by atoms with Crippen molar-refractivity contribution in [2.75, 3.05) is 6.54 Å². The molecule has 1 aliphatic carbocycles. The molecular weight excluding hydrogens is 240 g/mol. The molecule has 1 amide bonds. The normalized spacial score (nSPS) is 27.3. The van der Waals surface area contributed by atoms with Crippen molar-refractivity contribution in [3.05, 3.63) is 0 Å². The van der Waals surface area contributed by atoms with Crippen molar-refractivity contribution < 1.29 is 22.4 Å². The van der Waals surface area contributed by atoms with Gasteiger partial charge in [-0.1, -0.05) is 6.92 Å². The molecule has 1 N–H and O–H groups in total. The lowest BCUT2D eigenvalue weighted by Crippen LogP contribution is -2.47. The standard InChI is InChI=1S/C10H14F4N2O/c1-2-6-15-9(3-4-9)8(17)16(6)5-10(13,14)7(11)12/h6-7,15H,2-5H2,1H3. The molecular formula is C10H14F4N2O. The minimum atomic E-state index is -4.15. The van der Waals surface area contributed by atoms with Gasteiger partial charge in [-0.25, -0.2) is 8.78 Å². The highest BCUT2D eigenvalue weighted by atomic mass is 19.3. The number of carbonyl (C=O) groups excluding carboxylic acids is 1. The van der Waals surface area contributed by atoms with Crippen LogP contribution in [0, 0.1) is 0 Å². The van der Waals surface area contributed by atoms with E-state index in [0.29, 0.717) is 19.3 Å². The van der Waals surface area contributed by atoms with Crippen LogP contribution < -0.4 is 5.32 Å². The summed E-state index contributed by atoms with van der Waals surface area (Å²) in [7, 11) is 0. The predicted molar refractivity (Wildman–Crippen MR) is 51.8 cm³/mol. The topological polar surface area (TPSA) is 32.3 Å². The largest absolute Gasteiger partial charge is 0.324 e. The van der Waals surface area contributed by atoms with Gasteiger partial charge in [0.1, 0.15) is 0 Å². The molecule has 0 bridgehead atoms. The Morgan fingerprint density at radius 3 is 2.53 bits per heavy atom. The van der Waals surface area contributed by atoms with E-state index in [4.69, 9.17) is 0 Å². The Hall–Kier alpha value is -0.850. The SMILES string of the molecule is CCC1NC2(CC2)C(=O)N1CC(F)(F)C(F)F. The molecule has 1 spiro atoms. The molecule has 1 saturated heterocycles. The summed E-state index contributed by atoms with van der Waals surface area (Å²) in [5.41, 5.74) is -0.737. The molecule has 1 heterocycles. The average molecular weight is 254 g/mol. The maximum atomic E-state index is 13.0. The van der Waals surface area contributed by atoms with E-state index >= 15 is 0 Å². The maximum Gasteiger partial charge on any atom is 0.324 e. The molecule has 0 aromatic rings.